The second-order valence-electron chi connectivity index (χ2n) is 7.23. The lowest BCUT2D eigenvalue weighted by Crippen LogP contribution is -2.47. The van der Waals surface area contributed by atoms with Crippen molar-refractivity contribution in [3.63, 3.8) is 0 Å². The first-order valence-corrected chi connectivity index (χ1v) is 9.88. The second-order valence-corrected chi connectivity index (χ2v) is 7.23. The fourth-order valence-electron chi connectivity index (χ4n) is 2.36. The highest BCUT2D eigenvalue weighted by Gasteiger charge is 2.34. The molecule has 0 aromatic carbocycles. The minimum Gasteiger partial charge on any atom is -0.480 e. The first-order valence-electron chi connectivity index (χ1n) is 9.88. The topological polar surface area (TPSA) is 83.5 Å². The zero-order valence-corrected chi connectivity index (χ0v) is 19.4. The summed E-state index contributed by atoms with van der Waals surface area (Å²) in [5.41, 5.74) is -0.679. The van der Waals surface area contributed by atoms with Crippen molar-refractivity contribution >= 4 is 17.7 Å². The molecule has 5 nitrogen and oxygen atoms in total. The Morgan fingerprint density at radius 2 is 1.27 bits per heavy atom. The Morgan fingerprint density at radius 1 is 0.885 bits per heavy atom. The number of hydrogen-bond donors (Lipinski definition) is 2. The molecule has 0 radical (unpaired) electrons. The summed E-state index contributed by atoms with van der Waals surface area (Å²) in [7, 11) is 0. The van der Waals surface area contributed by atoms with Gasteiger partial charge in [0.15, 0.2) is 0 Å². The minimum absolute atomic E-state index is 0.0288. The SMILES string of the molecule is CC.CC.CC.CC(=O)CC[C@@H](NC(=O)C(C)(C)CC(C)(C)C)C(=O)O. The van der Waals surface area contributed by atoms with Gasteiger partial charge in [0.25, 0.3) is 0 Å². The van der Waals surface area contributed by atoms with Gasteiger partial charge in [-0.2, -0.15) is 0 Å². The van der Waals surface area contributed by atoms with Gasteiger partial charge in [0.1, 0.15) is 11.8 Å². The van der Waals surface area contributed by atoms with Crippen molar-refractivity contribution in [2.24, 2.45) is 10.8 Å². The van der Waals surface area contributed by atoms with E-state index in [1.807, 2.05) is 62.3 Å². The zero-order valence-electron chi connectivity index (χ0n) is 19.4. The normalized spacial score (nSPS) is 11.2. The molecule has 0 rings (SSSR count). The summed E-state index contributed by atoms with van der Waals surface area (Å²) in [6, 6.07) is -1.01. The molecule has 0 aliphatic carbocycles. The van der Waals surface area contributed by atoms with Gasteiger partial charge in [0.05, 0.1) is 0 Å². The summed E-state index contributed by atoms with van der Waals surface area (Å²) in [5.74, 6) is -1.48. The summed E-state index contributed by atoms with van der Waals surface area (Å²) in [5, 5.41) is 11.7. The van der Waals surface area contributed by atoms with Crippen LogP contribution < -0.4 is 5.32 Å². The van der Waals surface area contributed by atoms with E-state index in [-0.39, 0.29) is 29.9 Å². The smallest absolute Gasteiger partial charge is 0.326 e. The molecule has 5 heteroatoms. The quantitative estimate of drug-likeness (QED) is 0.618. The van der Waals surface area contributed by atoms with Gasteiger partial charge in [-0.1, -0.05) is 76.2 Å². The lowest BCUT2D eigenvalue weighted by atomic mass is 9.75. The predicted molar refractivity (Wildman–Crippen MR) is 111 cm³/mol. The minimum atomic E-state index is -1.11. The number of aliphatic carboxylic acids is 1. The number of carbonyl (C=O) groups excluding carboxylic acids is 2. The van der Waals surface area contributed by atoms with Gasteiger partial charge in [0.2, 0.25) is 5.91 Å². The van der Waals surface area contributed by atoms with Crippen LogP contribution in [0.3, 0.4) is 0 Å². The third-order valence-corrected chi connectivity index (χ3v) is 2.98. The lowest BCUT2D eigenvalue weighted by Gasteiger charge is -2.32. The number of Topliss-reactive ketones (excluding diaryl/α,β-unsaturated/α-hetero) is 1. The van der Waals surface area contributed by atoms with Crippen LogP contribution in [-0.4, -0.2) is 28.8 Å². The van der Waals surface area contributed by atoms with Gasteiger partial charge >= 0.3 is 5.97 Å². The van der Waals surface area contributed by atoms with Crippen LogP contribution in [0.2, 0.25) is 0 Å². The molecule has 0 aliphatic rings. The maximum atomic E-state index is 12.2. The molecule has 0 aromatic rings. The number of carboxylic acid groups (broad SMARTS) is 1. The van der Waals surface area contributed by atoms with Crippen LogP contribution in [0.4, 0.5) is 0 Å². The van der Waals surface area contributed by atoms with Crippen molar-refractivity contribution in [1.29, 1.82) is 0 Å². The molecule has 2 N–H and O–H groups in total. The third-order valence-electron chi connectivity index (χ3n) is 2.98. The van der Waals surface area contributed by atoms with Crippen molar-refractivity contribution in [3.05, 3.63) is 0 Å². The number of ketones is 1. The first kappa shape index (κ1) is 32.3. The largest absolute Gasteiger partial charge is 0.480 e. The van der Waals surface area contributed by atoms with Crippen LogP contribution in [0.1, 0.15) is 102 Å². The fourth-order valence-corrected chi connectivity index (χ4v) is 2.36. The monoisotopic (exact) mass is 375 g/mol. The molecule has 0 aromatic heterocycles. The van der Waals surface area contributed by atoms with Crippen LogP contribution in [0.25, 0.3) is 0 Å². The van der Waals surface area contributed by atoms with E-state index >= 15 is 0 Å². The fraction of sp³-hybridized carbons (Fsp3) is 0.857. The number of carboxylic acids is 1. The van der Waals surface area contributed by atoms with Crippen molar-refractivity contribution < 1.29 is 19.5 Å². The number of carbonyl (C=O) groups is 3. The molecule has 0 saturated carbocycles. The van der Waals surface area contributed by atoms with Gasteiger partial charge in [0, 0.05) is 11.8 Å². The van der Waals surface area contributed by atoms with Crippen LogP contribution >= 0.6 is 0 Å². The Bertz CT molecular complexity index is 382. The highest BCUT2D eigenvalue weighted by molar-refractivity contribution is 5.87. The van der Waals surface area contributed by atoms with Crippen LogP contribution in [-0.2, 0) is 14.4 Å². The molecule has 1 atom stereocenters. The van der Waals surface area contributed by atoms with E-state index in [2.05, 4.69) is 5.32 Å². The summed E-state index contributed by atoms with van der Waals surface area (Å²) in [4.78, 5) is 34.3. The van der Waals surface area contributed by atoms with Crippen molar-refractivity contribution in [2.75, 3.05) is 0 Å². The summed E-state index contributed by atoms with van der Waals surface area (Å²) < 4.78 is 0. The highest BCUT2D eigenvalue weighted by Crippen LogP contribution is 2.33. The molecular weight excluding hydrogens is 330 g/mol. The van der Waals surface area contributed by atoms with Crippen molar-refractivity contribution in [1.82, 2.24) is 5.32 Å². The number of hydrogen-bond acceptors (Lipinski definition) is 3. The molecule has 0 unspecified atom stereocenters. The predicted octanol–water partition coefficient (Wildman–Crippen LogP) is 5.47. The van der Waals surface area contributed by atoms with Crippen LogP contribution in [0, 0.1) is 10.8 Å². The number of rotatable bonds is 7. The molecule has 0 bridgehead atoms. The standard InChI is InChI=1S/C15H27NO4.3C2H6/c1-10(17)7-8-11(12(18)19)16-13(20)15(5,6)9-14(2,3)4;3*1-2/h11H,7-9H2,1-6H3,(H,16,20)(H,18,19);3*1-2H3/t11-;;;/m1.../s1. The maximum Gasteiger partial charge on any atom is 0.326 e. The Labute approximate surface area is 162 Å². The van der Waals surface area contributed by atoms with E-state index in [9.17, 15) is 14.4 Å². The Kier molecular flexibility index (Phi) is 21.2. The number of nitrogens with one attached hydrogen (secondary N) is 1. The van der Waals surface area contributed by atoms with E-state index in [4.69, 9.17) is 5.11 Å². The van der Waals surface area contributed by atoms with E-state index < -0.39 is 17.4 Å². The molecule has 0 fully saturated rings. The molecule has 158 valence electrons. The maximum absolute atomic E-state index is 12.2. The van der Waals surface area contributed by atoms with E-state index in [1.54, 1.807) is 13.8 Å². The average molecular weight is 376 g/mol. The molecule has 0 spiro atoms. The third kappa shape index (κ3) is 18.9. The molecule has 0 heterocycles. The zero-order chi connectivity index (χ0) is 22.1. The highest BCUT2D eigenvalue weighted by atomic mass is 16.4. The average Bonchev–Trinajstić information content (AvgIpc) is 2.54. The van der Waals surface area contributed by atoms with E-state index in [1.165, 1.54) is 6.92 Å². The molecule has 26 heavy (non-hydrogen) atoms. The summed E-state index contributed by atoms with van der Waals surface area (Å²) in [6.45, 7) is 23.1. The second kappa shape index (κ2) is 17.0. The van der Waals surface area contributed by atoms with Gasteiger partial charge in [-0.15, -0.1) is 0 Å². The summed E-state index contributed by atoms with van der Waals surface area (Å²) in [6.07, 6.45) is 0.920. The van der Waals surface area contributed by atoms with E-state index in [0.717, 1.165) is 0 Å². The molecule has 1 amide bonds. The Hall–Kier alpha value is -1.39. The van der Waals surface area contributed by atoms with Gasteiger partial charge in [-0.25, -0.2) is 4.79 Å². The Balaban J connectivity index is -0.000000362. The van der Waals surface area contributed by atoms with Crippen molar-refractivity contribution in [2.45, 2.75) is 108 Å². The molecule has 0 saturated heterocycles. The molecule has 0 aliphatic heterocycles. The number of amides is 1. The lowest BCUT2D eigenvalue weighted by molar-refractivity contribution is -0.144. The van der Waals surface area contributed by atoms with Gasteiger partial charge in [-0.3, -0.25) is 4.79 Å². The molecular formula is C21H45NO4. The Morgan fingerprint density at radius 3 is 1.54 bits per heavy atom. The van der Waals surface area contributed by atoms with Crippen molar-refractivity contribution in [3.8, 4) is 0 Å². The first-order chi connectivity index (χ1) is 11.8. The van der Waals surface area contributed by atoms with Crippen LogP contribution in [0.15, 0.2) is 0 Å². The van der Waals surface area contributed by atoms with Gasteiger partial charge < -0.3 is 15.2 Å². The van der Waals surface area contributed by atoms with Crippen LogP contribution in [0.5, 0.6) is 0 Å². The van der Waals surface area contributed by atoms with Gasteiger partial charge in [-0.05, 0) is 25.2 Å². The summed E-state index contributed by atoms with van der Waals surface area (Å²) >= 11 is 0. The van der Waals surface area contributed by atoms with E-state index in [0.29, 0.717) is 6.42 Å².